The van der Waals surface area contributed by atoms with Gasteiger partial charge in [0.05, 0.1) is 13.7 Å². The molecule has 14 heavy (non-hydrogen) atoms. The lowest BCUT2D eigenvalue weighted by molar-refractivity contribution is -0.169. The standard InChI is InChI=1S/C10H20N2O2/c1-6-9(7-2)11(3)8-10(13)12(4)14-5/h6,9H,1,7-8H2,2-5H3/t9-/m0/s1. The first-order valence-electron chi connectivity index (χ1n) is 4.70. The molecule has 0 rings (SSSR count). The molecule has 0 aromatic heterocycles. The highest BCUT2D eigenvalue weighted by Crippen LogP contribution is 2.02. The maximum absolute atomic E-state index is 11.4. The molecule has 0 bridgehead atoms. The molecule has 0 aliphatic carbocycles. The van der Waals surface area contributed by atoms with E-state index in [1.165, 1.54) is 12.2 Å². The quantitative estimate of drug-likeness (QED) is 0.472. The molecular weight excluding hydrogens is 180 g/mol. The lowest BCUT2D eigenvalue weighted by Gasteiger charge is -2.25. The van der Waals surface area contributed by atoms with Crippen LogP contribution in [-0.4, -0.2) is 49.7 Å². The van der Waals surface area contributed by atoms with Gasteiger partial charge in [-0.2, -0.15) is 0 Å². The maximum atomic E-state index is 11.4. The molecule has 0 aromatic rings. The SMILES string of the molecule is C=C[C@@H](CC)N(C)CC(=O)N(C)OC. The van der Waals surface area contributed by atoms with Crippen LogP contribution in [0.15, 0.2) is 12.7 Å². The average molecular weight is 200 g/mol. The van der Waals surface area contributed by atoms with Crippen molar-refractivity contribution in [1.82, 2.24) is 9.96 Å². The van der Waals surface area contributed by atoms with Gasteiger partial charge in [-0.1, -0.05) is 13.0 Å². The summed E-state index contributed by atoms with van der Waals surface area (Å²) in [6, 6.07) is 0.240. The van der Waals surface area contributed by atoms with Crippen molar-refractivity contribution in [2.45, 2.75) is 19.4 Å². The van der Waals surface area contributed by atoms with Gasteiger partial charge in [0.25, 0.3) is 5.91 Å². The van der Waals surface area contributed by atoms with E-state index >= 15 is 0 Å². The molecule has 0 spiro atoms. The number of hydrogen-bond acceptors (Lipinski definition) is 3. The number of hydroxylamine groups is 2. The fraction of sp³-hybridized carbons (Fsp3) is 0.700. The lowest BCUT2D eigenvalue weighted by Crippen LogP contribution is -2.40. The molecule has 0 saturated heterocycles. The Kier molecular flexibility index (Phi) is 6.16. The van der Waals surface area contributed by atoms with E-state index in [1.807, 2.05) is 18.0 Å². The van der Waals surface area contributed by atoms with Gasteiger partial charge in [-0.05, 0) is 13.5 Å². The molecule has 4 nitrogen and oxygen atoms in total. The van der Waals surface area contributed by atoms with Crippen molar-refractivity contribution < 1.29 is 9.63 Å². The Balaban J connectivity index is 4.10. The highest BCUT2D eigenvalue weighted by molar-refractivity contribution is 5.76. The van der Waals surface area contributed by atoms with Crippen LogP contribution < -0.4 is 0 Å². The lowest BCUT2D eigenvalue weighted by atomic mass is 10.2. The second-order valence-corrected chi connectivity index (χ2v) is 3.20. The van der Waals surface area contributed by atoms with E-state index in [4.69, 9.17) is 4.84 Å². The Labute approximate surface area is 86.1 Å². The Bertz CT molecular complexity index is 195. The van der Waals surface area contributed by atoms with Crippen LogP contribution in [0.2, 0.25) is 0 Å². The number of hydrogen-bond donors (Lipinski definition) is 0. The van der Waals surface area contributed by atoms with E-state index < -0.39 is 0 Å². The number of carbonyl (C=O) groups excluding carboxylic acids is 1. The van der Waals surface area contributed by atoms with Gasteiger partial charge in [0, 0.05) is 13.1 Å². The van der Waals surface area contributed by atoms with Crippen molar-refractivity contribution in [3.05, 3.63) is 12.7 Å². The molecule has 0 aliphatic rings. The first kappa shape index (κ1) is 13.1. The third-order valence-electron chi connectivity index (χ3n) is 2.27. The van der Waals surface area contributed by atoms with Gasteiger partial charge >= 0.3 is 0 Å². The van der Waals surface area contributed by atoms with Gasteiger partial charge in [-0.3, -0.25) is 14.5 Å². The minimum atomic E-state index is -0.0599. The number of likely N-dealkylation sites (N-methyl/N-ethyl adjacent to an activating group) is 2. The molecule has 0 unspecified atom stereocenters. The first-order valence-corrected chi connectivity index (χ1v) is 4.70. The fourth-order valence-corrected chi connectivity index (χ4v) is 1.19. The average Bonchev–Trinajstić information content (AvgIpc) is 2.18. The molecule has 0 fully saturated rings. The van der Waals surface area contributed by atoms with Crippen LogP contribution in [0.3, 0.4) is 0 Å². The molecule has 4 heteroatoms. The summed E-state index contributed by atoms with van der Waals surface area (Å²) in [5.74, 6) is -0.0599. The molecule has 0 radical (unpaired) electrons. The predicted octanol–water partition coefficient (Wildman–Crippen LogP) is 0.903. The van der Waals surface area contributed by atoms with Gasteiger partial charge < -0.3 is 0 Å². The Morgan fingerprint density at radius 3 is 2.50 bits per heavy atom. The van der Waals surface area contributed by atoms with Crippen molar-refractivity contribution in [3.8, 4) is 0 Å². The summed E-state index contributed by atoms with van der Waals surface area (Å²) >= 11 is 0. The smallest absolute Gasteiger partial charge is 0.260 e. The molecule has 1 atom stereocenters. The zero-order chi connectivity index (χ0) is 11.1. The van der Waals surface area contributed by atoms with Gasteiger partial charge in [0.1, 0.15) is 0 Å². The fourth-order valence-electron chi connectivity index (χ4n) is 1.19. The number of carbonyl (C=O) groups is 1. The van der Waals surface area contributed by atoms with Crippen LogP contribution in [0.25, 0.3) is 0 Å². The summed E-state index contributed by atoms with van der Waals surface area (Å²) in [6.45, 7) is 6.13. The van der Waals surface area contributed by atoms with Gasteiger partial charge in [0.15, 0.2) is 0 Å². The molecule has 0 saturated carbocycles. The zero-order valence-electron chi connectivity index (χ0n) is 9.49. The molecular formula is C10H20N2O2. The van der Waals surface area contributed by atoms with Crippen molar-refractivity contribution in [2.24, 2.45) is 0 Å². The second kappa shape index (κ2) is 6.56. The summed E-state index contributed by atoms with van der Waals surface area (Å²) in [6.07, 6.45) is 2.80. The van der Waals surface area contributed by atoms with Gasteiger partial charge in [0.2, 0.25) is 0 Å². The number of rotatable bonds is 6. The molecule has 0 N–H and O–H groups in total. The molecule has 0 heterocycles. The number of amides is 1. The van der Waals surface area contributed by atoms with E-state index in [1.54, 1.807) is 7.05 Å². The largest absolute Gasteiger partial charge is 0.291 e. The highest BCUT2D eigenvalue weighted by Gasteiger charge is 2.15. The van der Waals surface area contributed by atoms with E-state index in [0.29, 0.717) is 6.54 Å². The van der Waals surface area contributed by atoms with E-state index in [9.17, 15) is 4.79 Å². The topological polar surface area (TPSA) is 32.8 Å². The van der Waals surface area contributed by atoms with Crippen molar-refractivity contribution in [2.75, 3.05) is 27.7 Å². The predicted molar refractivity (Wildman–Crippen MR) is 56.7 cm³/mol. The molecule has 82 valence electrons. The maximum Gasteiger partial charge on any atom is 0.260 e. The van der Waals surface area contributed by atoms with Crippen LogP contribution in [0.1, 0.15) is 13.3 Å². The second-order valence-electron chi connectivity index (χ2n) is 3.20. The minimum Gasteiger partial charge on any atom is -0.291 e. The van der Waals surface area contributed by atoms with Crippen molar-refractivity contribution in [1.29, 1.82) is 0 Å². The minimum absolute atomic E-state index is 0.0599. The molecule has 1 amide bonds. The third kappa shape index (κ3) is 3.89. The summed E-state index contributed by atoms with van der Waals surface area (Å²) < 4.78 is 0. The van der Waals surface area contributed by atoms with Gasteiger partial charge in [-0.25, -0.2) is 5.06 Å². The monoisotopic (exact) mass is 200 g/mol. The molecule has 0 aromatic carbocycles. The van der Waals surface area contributed by atoms with Crippen LogP contribution >= 0.6 is 0 Å². The van der Waals surface area contributed by atoms with Gasteiger partial charge in [-0.15, -0.1) is 6.58 Å². The third-order valence-corrected chi connectivity index (χ3v) is 2.27. The normalized spacial score (nSPS) is 12.6. The van der Waals surface area contributed by atoms with Crippen LogP contribution in [0.5, 0.6) is 0 Å². The van der Waals surface area contributed by atoms with E-state index in [-0.39, 0.29) is 11.9 Å². The highest BCUT2D eigenvalue weighted by atomic mass is 16.7. The Morgan fingerprint density at radius 2 is 2.14 bits per heavy atom. The Hall–Kier alpha value is -0.870. The van der Waals surface area contributed by atoms with Crippen molar-refractivity contribution >= 4 is 5.91 Å². The summed E-state index contributed by atoms with van der Waals surface area (Å²) in [5.41, 5.74) is 0. The van der Waals surface area contributed by atoms with Crippen molar-refractivity contribution in [3.63, 3.8) is 0 Å². The Morgan fingerprint density at radius 1 is 1.57 bits per heavy atom. The summed E-state index contributed by atoms with van der Waals surface area (Å²) in [7, 11) is 4.98. The van der Waals surface area contributed by atoms with E-state index in [2.05, 4.69) is 13.5 Å². The first-order chi connectivity index (χ1) is 6.56. The van der Waals surface area contributed by atoms with Crippen LogP contribution in [0, 0.1) is 0 Å². The zero-order valence-corrected chi connectivity index (χ0v) is 9.49. The van der Waals surface area contributed by atoms with Crippen LogP contribution in [0.4, 0.5) is 0 Å². The summed E-state index contributed by atoms with van der Waals surface area (Å²) in [4.78, 5) is 18.2. The van der Waals surface area contributed by atoms with Crippen LogP contribution in [-0.2, 0) is 9.63 Å². The number of nitrogens with zero attached hydrogens (tertiary/aromatic N) is 2. The molecule has 0 aliphatic heterocycles. The van der Waals surface area contributed by atoms with E-state index in [0.717, 1.165) is 6.42 Å². The summed E-state index contributed by atoms with van der Waals surface area (Å²) in [5, 5.41) is 1.23.